The van der Waals surface area contributed by atoms with E-state index in [1.165, 1.54) is 30.0 Å². The lowest BCUT2D eigenvalue weighted by atomic mass is 10.1. The third-order valence-electron chi connectivity index (χ3n) is 3.48. The van der Waals surface area contributed by atoms with Gasteiger partial charge in [-0.3, -0.25) is 4.98 Å². The summed E-state index contributed by atoms with van der Waals surface area (Å²) in [6, 6.07) is 8.61. The Morgan fingerprint density at radius 1 is 1.37 bits per heavy atom. The van der Waals surface area contributed by atoms with E-state index < -0.39 is 0 Å². The molecule has 1 aromatic heterocycles. The van der Waals surface area contributed by atoms with E-state index in [0.717, 1.165) is 22.3 Å². The van der Waals surface area contributed by atoms with Crippen molar-refractivity contribution in [2.45, 2.75) is 25.8 Å². The maximum atomic E-state index is 5.90. The first kappa shape index (κ1) is 12.6. The molecule has 0 aliphatic carbocycles. The number of hydrogen-bond acceptors (Lipinski definition) is 4. The molecular weight excluding hydrogens is 254 g/mol. The Bertz CT molecular complexity index is 591. The van der Waals surface area contributed by atoms with Crippen LogP contribution in [0.3, 0.4) is 0 Å². The Morgan fingerprint density at radius 2 is 2.26 bits per heavy atom. The van der Waals surface area contributed by atoms with Crippen molar-refractivity contribution in [1.29, 1.82) is 0 Å². The van der Waals surface area contributed by atoms with Gasteiger partial charge < -0.3 is 11.1 Å². The van der Waals surface area contributed by atoms with Crippen molar-refractivity contribution in [3.05, 3.63) is 30.0 Å². The molecule has 2 heterocycles. The highest BCUT2D eigenvalue weighted by Gasteiger charge is 2.15. The number of nitrogens with one attached hydrogen (secondary N) is 1. The van der Waals surface area contributed by atoms with Crippen molar-refractivity contribution < 1.29 is 0 Å². The van der Waals surface area contributed by atoms with Gasteiger partial charge in [0.1, 0.15) is 0 Å². The summed E-state index contributed by atoms with van der Waals surface area (Å²) < 4.78 is 0. The third kappa shape index (κ3) is 2.78. The van der Waals surface area contributed by atoms with Crippen LogP contribution in [0.5, 0.6) is 0 Å². The van der Waals surface area contributed by atoms with Crippen molar-refractivity contribution in [1.82, 2.24) is 4.98 Å². The first-order chi connectivity index (χ1) is 9.22. The second-order valence-corrected chi connectivity index (χ2v) is 6.30. The van der Waals surface area contributed by atoms with Crippen molar-refractivity contribution in [2.75, 3.05) is 22.6 Å². The Labute approximate surface area is 118 Å². The molecule has 1 saturated heterocycles. The van der Waals surface area contributed by atoms with Crippen LogP contribution >= 0.6 is 11.8 Å². The molecule has 1 fully saturated rings. The summed E-state index contributed by atoms with van der Waals surface area (Å²) in [4.78, 5) is 4.57. The van der Waals surface area contributed by atoms with Crippen molar-refractivity contribution >= 4 is 34.0 Å². The van der Waals surface area contributed by atoms with Gasteiger partial charge in [0.25, 0.3) is 0 Å². The molecule has 1 atom stereocenters. The number of nitrogens with zero attached hydrogens (tertiary/aromatic N) is 1. The Balaban J connectivity index is 1.98. The summed E-state index contributed by atoms with van der Waals surface area (Å²) in [6.07, 6.45) is 2.55. The summed E-state index contributed by atoms with van der Waals surface area (Å²) >= 11 is 2.03. The molecule has 0 bridgehead atoms. The molecule has 19 heavy (non-hydrogen) atoms. The highest BCUT2D eigenvalue weighted by Crippen LogP contribution is 2.28. The van der Waals surface area contributed by atoms with Gasteiger partial charge in [0.05, 0.1) is 5.52 Å². The molecule has 3 rings (SSSR count). The number of benzene rings is 1. The normalized spacial score (nSPS) is 19.5. The van der Waals surface area contributed by atoms with E-state index in [0.29, 0.717) is 6.04 Å². The topological polar surface area (TPSA) is 50.9 Å². The molecule has 1 aromatic carbocycles. The van der Waals surface area contributed by atoms with Crippen LogP contribution < -0.4 is 11.1 Å². The number of rotatable bonds is 2. The molecule has 0 saturated carbocycles. The second-order valence-electron chi connectivity index (χ2n) is 5.15. The van der Waals surface area contributed by atoms with Crippen LogP contribution in [0.2, 0.25) is 0 Å². The lowest BCUT2D eigenvalue weighted by molar-refractivity contribution is 0.686. The summed E-state index contributed by atoms with van der Waals surface area (Å²) in [5.74, 6) is 2.48. The minimum absolute atomic E-state index is 0.560. The molecule has 3 N–H and O–H groups in total. The Morgan fingerprint density at radius 3 is 3.05 bits per heavy atom. The zero-order valence-electron chi connectivity index (χ0n) is 11.1. The third-order valence-corrected chi connectivity index (χ3v) is 4.70. The summed E-state index contributed by atoms with van der Waals surface area (Å²) in [6.45, 7) is 2.04. The molecule has 0 spiro atoms. The molecule has 4 heteroatoms. The van der Waals surface area contributed by atoms with E-state index in [4.69, 9.17) is 5.73 Å². The smallest absolute Gasteiger partial charge is 0.0727 e. The molecule has 0 amide bonds. The van der Waals surface area contributed by atoms with E-state index in [1.54, 1.807) is 0 Å². The van der Waals surface area contributed by atoms with Gasteiger partial charge in [0.2, 0.25) is 0 Å². The largest absolute Gasteiger partial charge is 0.399 e. The lowest BCUT2D eigenvalue weighted by Crippen LogP contribution is -2.25. The lowest BCUT2D eigenvalue weighted by Gasteiger charge is -2.24. The molecular formula is C15H19N3S. The van der Waals surface area contributed by atoms with E-state index >= 15 is 0 Å². The van der Waals surface area contributed by atoms with Crippen molar-refractivity contribution in [2.24, 2.45) is 0 Å². The molecule has 2 aromatic rings. The van der Waals surface area contributed by atoms with E-state index in [1.807, 2.05) is 36.9 Å². The van der Waals surface area contributed by atoms with Crippen LogP contribution in [-0.2, 0) is 0 Å². The minimum atomic E-state index is 0.560. The predicted octanol–water partition coefficient (Wildman–Crippen LogP) is 3.43. The quantitative estimate of drug-likeness (QED) is 0.823. The zero-order valence-corrected chi connectivity index (χ0v) is 12.0. The molecule has 1 unspecified atom stereocenters. The van der Waals surface area contributed by atoms with Gasteiger partial charge in [0.15, 0.2) is 0 Å². The van der Waals surface area contributed by atoms with Gasteiger partial charge in [-0.1, -0.05) is 0 Å². The second kappa shape index (κ2) is 5.29. The number of fused-ring (bicyclic) bond motifs is 1. The molecule has 1 aliphatic heterocycles. The van der Waals surface area contributed by atoms with Crippen LogP contribution in [0.1, 0.15) is 18.5 Å². The molecule has 100 valence electrons. The molecule has 1 aliphatic rings. The zero-order chi connectivity index (χ0) is 13.2. The fourth-order valence-electron chi connectivity index (χ4n) is 2.57. The van der Waals surface area contributed by atoms with Gasteiger partial charge in [-0.05, 0) is 49.8 Å². The van der Waals surface area contributed by atoms with E-state index in [2.05, 4.69) is 16.4 Å². The monoisotopic (exact) mass is 273 g/mol. The van der Waals surface area contributed by atoms with Gasteiger partial charge in [0, 0.05) is 34.2 Å². The number of aromatic nitrogens is 1. The fourth-order valence-corrected chi connectivity index (χ4v) is 3.64. The van der Waals surface area contributed by atoms with Gasteiger partial charge in [-0.15, -0.1) is 0 Å². The van der Waals surface area contributed by atoms with Gasteiger partial charge >= 0.3 is 0 Å². The number of anilines is 2. The highest BCUT2D eigenvalue weighted by atomic mass is 32.2. The number of thioether (sulfide) groups is 1. The van der Waals surface area contributed by atoms with Gasteiger partial charge in [-0.2, -0.15) is 11.8 Å². The average molecular weight is 273 g/mol. The summed E-state index contributed by atoms with van der Waals surface area (Å²) in [5.41, 5.74) is 9.92. The number of aryl methyl sites for hydroxylation is 1. The molecule has 0 radical (unpaired) electrons. The average Bonchev–Trinajstić information content (AvgIpc) is 2.41. The van der Waals surface area contributed by atoms with Crippen LogP contribution in [-0.4, -0.2) is 22.5 Å². The predicted molar refractivity (Wildman–Crippen MR) is 84.9 cm³/mol. The maximum absolute atomic E-state index is 5.90. The van der Waals surface area contributed by atoms with Crippen LogP contribution in [0.15, 0.2) is 24.3 Å². The number of pyridine rings is 1. The number of nitrogen functional groups attached to an aromatic ring is 1. The highest BCUT2D eigenvalue weighted by molar-refractivity contribution is 7.99. The summed E-state index contributed by atoms with van der Waals surface area (Å²) in [5, 5.41) is 4.80. The van der Waals surface area contributed by atoms with E-state index in [-0.39, 0.29) is 0 Å². The summed E-state index contributed by atoms with van der Waals surface area (Å²) in [7, 11) is 0. The minimum Gasteiger partial charge on any atom is -0.399 e. The van der Waals surface area contributed by atoms with E-state index in [9.17, 15) is 0 Å². The SMILES string of the molecule is Cc1cc(NC2CCCSC2)c2cc(N)ccc2n1. The Kier molecular flexibility index (Phi) is 3.51. The number of nitrogens with two attached hydrogens (primary N) is 1. The first-order valence-electron chi connectivity index (χ1n) is 6.73. The maximum Gasteiger partial charge on any atom is 0.0727 e. The Hall–Kier alpha value is -1.42. The van der Waals surface area contributed by atoms with Crippen molar-refractivity contribution in [3.8, 4) is 0 Å². The van der Waals surface area contributed by atoms with Crippen molar-refractivity contribution in [3.63, 3.8) is 0 Å². The molecule has 3 nitrogen and oxygen atoms in total. The fraction of sp³-hybridized carbons (Fsp3) is 0.400. The van der Waals surface area contributed by atoms with Crippen LogP contribution in [0.4, 0.5) is 11.4 Å². The van der Waals surface area contributed by atoms with Crippen LogP contribution in [0, 0.1) is 6.92 Å². The number of hydrogen-bond donors (Lipinski definition) is 2. The first-order valence-corrected chi connectivity index (χ1v) is 7.89. The van der Waals surface area contributed by atoms with Crippen LogP contribution in [0.25, 0.3) is 10.9 Å². The van der Waals surface area contributed by atoms with Gasteiger partial charge in [-0.25, -0.2) is 0 Å². The standard InChI is InChI=1S/C15H19N3S/c1-10-7-15(18-12-3-2-6-19-9-12)13-8-11(16)4-5-14(13)17-10/h4-5,7-8,12H,2-3,6,9,16H2,1H3,(H,17,18).